The van der Waals surface area contributed by atoms with Gasteiger partial charge in [-0.3, -0.25) is 10.1 Å². The minimum atomic E-state index is -0.533. The molecule has 0 spiro atoms. The molecule has 0 aromatic heterocycles. The highest BCUT2D eigenvalue weighted by atomic mass is 16.7. The van der Waals surface area contributed by atoms with Crippen molar-refractivity contribution in [1.29, 1.82) is 0 Å². The lowest BCUT2D eigenvalue weighted by Gasteiger charge is -2.16. The van der Waals surface area contributed by atoms with Crippen LogP contribution in [-0.2, 0) is 0 Å². The maximum Gasteiger partial charge on any atom is 0.235 e. The molecule has 0 unspecified atom stereocenters. The largest absolute Gasteiger partial charge is 0.493 e. The van der Waals surface area contributed by atoms with E-state index in [4.69, 9.17) is 23.7 Å². The molecule has 0 N–H and O–H groups in total. The van der Waals surface area contributed by atoms with Crippen molar-refractivity contribution in [3.05, 3.63) is 57.3 Å². The Bertz CT molecular complexity index is 950. The van der Waals surface area contributed by atoms with Gasteiger partial charge in [0.25, 0.3) is 0 Å². The third-order valence-electron chi connectivity index (χ3n) is 4.12. The first-order valence-electron chi connectivity index (χ1n) is 8.29. The molecule has 0 radical (unpaired) electrons. The van der Waals surface area contributed by atoms with E-state index in [0.29, 0.717) is 39.9 Å². The van der Waals surface area contributed by atoms with E-state index in [-0.39, 0.29) is 6.79 Å². The summed E-state index contributed by atoms with van der Waals surface area (Å²) in [7, 11) is 4.48. The van der Waals surface area contributed by atoms with Crippen LogP contribution in [-0.4, -0.2) is 33.0 Å². The summed E-state index contributed by atoms with van der Waals surface area (Å²) < 4.78 is 27.0. The normalized spacial score (nSPS) is 12.5. The van der Waals surface area contributed by atoms with Crippen LogP contribution >= 0.6 is 0 Å². The molecule has 1 heterocycles. The van der Waals surface area contributed by atoms with E-state index in [1.54, 1.807) is 12.1 Å². The van der Waals surface area contributed by atoms with Gasteiger partial charge in [0, 0.05) is 11.6 Å². The second-order valence-electron chi connectivity index (χ2n) is 5.70. The zero-order valence-electron chi connectivity index (χ0n) is 15.6. The van der Waals surface area contributed by atoms with Gasteiger partial charge in [-0.05, 0) is 35.4 Å². The third-order valence-corrected chi connectivity index (χ3v) is 4.12. The molecule has 0 saturated heterocycles. The van der Waals surface area contributed by atoms with Gasteiger partial charge in [-0.1, -0.05) is 12.1 Å². The number of hydrogen-bond acceptors (Lipinski definition) is 7. The number of benzene rings is 2. The number of methoxy groups -OCH3 is 3. The molecule has 0 amide bonds. The fourth-order valence-electron chi connectivity index (χ4n) is 2.84. The van der Waals surface area contributed by atoms with Crippen LogP contribution in [0.15, 0.2) is 30.5 Å². The van der Waals surface area contributed by atoms with E-state index in [1.165, 1.54) is 27.4 Å². The van der Waals surface area contributed by atoms with Crippen LogP contribution in [0.1, 0.15) is 16.7 Å². The molecule has 3 rings (SSSR count). The van der Waals surface area contributed by atoms with Crippen molar-refractivity contribution < 1.29 is 28.6 Å². The Kier molecular flexibility index (Phi) is 5.69. The molecule has 28 heavy (non-hydrogen) atoms. The molecular weight excluding hydrogens is 366 g/mol. The summed E-state index contributed by atoms with van der Waals surface area (Å²) >= 11 is 0. The van der Waals surface area contributed by atoms with E-state index in [9.17, 15) is 10.1 Å². The Morgan fingerprint density at radius 1 is 0.964 bits per heavy atom. The van der Waals surface area contributed by atoms with E-state index in [2.05, 4.69) is 0 Å². The van der Waals surface area contributed by atoms with Gasteiger partial charge in [-0.2, -0.15) is 0 Å². The maximum atomic E-state index is 10.8. The van der Waals surface area contributed by atoms with Gasteiger partial charge >= 0.3 is 0 Å². The molecular formula is C20H19NO7. The van der Waals surface area contributed by atoms with Gasteiger partial charge in [0.1, 0.15) is 0 Å². The standard InChI is InChI=1S/C20H19NO7/c1-24-18-11-14(8-9-21(22)23)15(19(25-2)20(18)26-3)6-4-13-5-7-16-17(10-13)28-12-27-16/h4-11H,12H2,1-3H3/b6-4+,9-8+. The topological polar surface area (TPSA) is 89.3 Å². The van der Waals surface area contributed by atoms with Crippen molar-refractivity contribution in [3.63, 3.8) is 0 Å². The number of fused-ring (bicyclic) bond motifs is 1. The van der Waals surface area contributed by atoms with Crippen LogP contribution in [0.5, 0.6) is 28.7 Å². The molecule has 0 saturated carbocycles. The molecule has 2 aromatic rings. The van der Waals surface area contributed by atoms with Crippen molar-refractivity contribution in [2.24, 2.45) is 0 Å². The van der Waals surface area contributed by atoms with Gasteiger partial charge < -0.3 is 23.7 Å². The third kappa shape index (κ3) is 3.85. The van der Waals surface area contributed by atoms with Crippen molar-refractivity contribution in [1.82, 2.24) is 0 Å². The number of nitrogens with zero attached hydrogens (tertiary/aromatic N) is 1. The van der Waals surface area contributed by atoms with E-state index < -0.39 is 4.92 Å². The lowest BCUT2D eigenvalue weighted by Crippen LogP contribution is -1.99. The number of nitro groups is 1. The van der Waals surface area contributed by atoms with Crippen molar-refractivity contribution in [2.75, 3.05) is 28.1 Å². The molecule has 0 aliphatic carbocycles. The smallest absolute Gasteiger partial charge is 0.235 e. The molecule has 1 aliphatic rings. The highest BCUT2D eigenvalue weighted by molar-refractivity contribution is 5.82. The van der Waals surface area contributed by atoms with Crippen LogP contribution in [0.25, 0.3) is 18.2 Å². The van der Waals surface area contributed by atoms with Crippen molar-refractivity contribution in [2.45, 2.75) is 0 Å². The maximum absolute atomic E-state index is 10.8. The van der Waals surface area contributed by atoms with Crippen LogP contribution < -0.4 is 23.7 Å². The summed E-state index contributed by atoms with van der Waals surface area (Å²) in [6, 6.07) is 7.20. The van der Waals surface area contributed by atoms with Crippen LogP contribution in [0, 0.1) is 10.1 Å². The molecule has 146 valence electrons. The summed E-state index contributed by atoms with van der Waals surface area (Å²) in [5, 5.41) is 10.8. The Morgan fingerprint density at radius 2 is 1.71 bits per heavy atom. The highest BCUT2D eigenvalue weighted by Crippen LogP contribution is 2.43. The summed E-state index contributed by atoms with van der Waals surface area (Å²) in [4.78, 5) is 10.3. The lowest BCUT2D eigenvalue weighted by atomic mass is 10.0. The van der Waals surface area contributed by atoms with Gasteiger partial charge in [0.2, 0.25) is 18.7 Å². The summed E-state index contributed by atoms with van der Waals surface area (Å²) in [6.45, 7) is 0.196. The molecule has 0 fully saturated rings. The minimum absolute atomic E-state index is 0.196. The van der Waals surface area contributed by atoms with Crippen LogP contribution in [0.4, 0.5) is 0 Å². The molecule has 0 atom stereocenters. The predicted octanol–water partition coefficient (Wildman–Crippen LogP) is 3.86. The van der Waals surface area contributed by atoms with E-state index >= 15 is 0 Å². The zero-order chi connectivity index (χ0) is 20.1. The Morgan fingerprint density at radius 3 is 2.39 bits per heavy atom. The van der Waals surface area contributed by atoms with Crippen LogP contribution in [0.2, 0.25) is 0 Å². The fourth-order valence-corrected chi connectivity index (χ4v) is 2.84. The molecule has 1 aliphatic heterocycles. The first kappa shape index (κ1) is 19.1. The number of rotatable bonds is 7. The second-order valence-corrected chi connectivity index (χ2v) is 5.70. The summed E-state index contributed by atoms with van der Waals surface area (Å²) in [6.07, 6.45) is 5.87. The summed E-state index contributed by atoms with van der Waals surface area (Å²) in [5.74, 6) is 2.56. The number of hydrogen-bond donors (Lipinski definition) is 0. The van der Waals surface area contributed by atoms with Crippen molar-refractivity contribution >= 4 is 18.2 Å². The lowest BCUT2D eigenvalue weighted by molar-refractivity contribution is -0.400. The average Bonchev–Trinajstić information content (AvgIpc) is 3.17. The Labute approximate surface area is 161 Å². The average molecular weight is 385 g/mol. The Hall–Kier alpha value is -3.68. The fraction of sp³-hybridized carbons (Fsp3) is 0.200. The monoisotopic (exact) mass is 385 g/mol. The first-order chi connectivity index (χ1) is 13.6. The van der Waals surface area contributed by atoms with Gasteiger partial charge in [-0.25, -0.2) is 0 Å². The van der Waals surface area contributed by atoms with Gasteiger partial charge in [0.15, 0.2) is 23.0 Å². The first-order valence-corrected chi connectivity index (χ1v) is 8.29. The summed E-state index contributed by atoms with van der Waals surface area (Å²) in [5.41, 5.74) is 2.02. The second kappa shape index (κ2) is 8.34. The van der Waals surface area contributed by atoms with Crippen molar-refractivity contribution in [3.8, 4) is 28.7 Å². The van der Waals surface area contributed by atoms with E-state index in [1.807, 2.05) is 24.3 Å². The molecule has 0 bridgehead atoms. The zero-order valence-corrected chi connectivity index (χ0v) is 15.6. The highest BCUT2D eigenvalue weighted by Gasteiger charge is 2.19. The SMILES string of the molecule is COc1cc(/C=C/[N+](=O)[O-])c(/C=C/c2ccc3c(c2)OCO3)c(OC)c1OC. The van der Waals surface area contributed by atoms with E-state index in [0.717, 1.165) is 11.8 Å². The quantitative estimate of drug-likeness (QED) is 0.406. The molecule has 2 aromatic carbocycles. The number of ether oxygens (including phenoxy) is 5. The van der Waals surface area contributed by atoms with Gasteiger partial charge in [-0.15, -0.1) is 0 Å². The predicted molar refractivity (Wildman–Crippen MR) is 104 cm³/mol. The molecule has 8 nitrogen and oxygen atoms in total. The van der Waals surface area contributed by atoms with Gasteiger partial charge in [0.05, 0.1) is 26.3 Å². The Balaban J connectivity index is 2.09. The molecule has 8 heteroatoms. The van der Waals surface area contributed by atoms with Crippen LogP contribution in [0.3, 0.4) is 0 Å². The minimum Gasteiger partial charge on any atom is -0.493 e.